The fourth-order valence-electron chi connectivity index (χ4n) is 2.12. The second-order valence-electron chi connectivity index (χ2n) is 6.32. The third kappa shape index (κ3) is 4.32. The Kier molecular flexibility index (Phi) is 4.45. The number of benzene rings is 1. The van der Waals surface area contributed by atoms with Crippen LogP contribution in [0.5, 0.6) is 0 Å². The van der Waals surface area contributed by atoms with Gasteiger partial charge in [0.05, 0.1) is 17.9 Å². The molecule has 0 unspecified atom stereocenters. The van der Waals surface area contributed by atoms with E-state index >= 15 is 0 Å². The summed E-state index contributed by atoms with van der Waals surface area (Å²) >= 11 is 0. The third-order valence-electron chi connectivity index (χ3n) is 3.33. The van der Waals surface area contributed by atoms with Gasteiger partial charge in [-0.15, -0.1) is 0 Å². The highest BCUT2D eigenvalue weighted by atomic mass is 16.5. The summed E-state index contributed by atoms with van der Waals surface area (Å²) in [6, 6.07) is 5.42. The van der Waals surface area contributed by atoms with E-state index in [2.05, 4.69) is 5.32 Å². The van der Waals surface area contributed by atoms with Crippen LogP contribution in [0.2, 0.25) is 0 Å². The van der Waals surface area contributed by atoms with E-state index in [0.717, 1.165) is 12.8 Å². The number of nitrogens with one attached hydrogen (secondary N) is 1. The van der Waals surface area contributed by atoms with E-state index in [9.17, 15) is 4.79 Å². The van der Waals surface area contributed by atoms with E-state index in [1.165, 1.54) is 11.1 Å². The number of hydrogen-bond acceptors (Lipinski definition) is 3. The molecule has 0 atom stereocenters. The molecule has 20 heavy (non-hydrogen) atoms. The maximum atomic E-state index is 11.0. The minimum absolute atomic E-state index is 0.153. The smallest absolute Gasteiger partial charge is 0.335 e. The van der Waals surface area contributed by atoms with Gasteiger partial charge < -0.3 is 9.84 Å². The monoisotopic (exact) mass is 277 g/mol. The Morgan fingerprint density at radius 3 is 2.65 bits per heavy atom. The minimum atomic E-state index is -0.859. The SMILES string of the molecule is CC(C)(C)OCNCc1ccc(C(=O)O)cc1C1CC1. The van der Waals surface area contributed by atoms with Crippen LogP contribution in [-0.2, 0) is 11.3 Å². The van der Waals surface area contributed by atoms with Crippen LogP contribution in [0.4, 0.5) is 0 Å². The van der Waals surface area contributed by atoms with Gasteiger partial charge in [0.1, 0.15) is 0 Å². The summed E-state index contributed by atoms with van der Waals surface area (Å²) in [6.07, 6.45) is 2.32. The Balaban J connectivity index is 1.98. The van der Waals surface area contributed by atoms with Crippen LogP contribution < -0.4 is 5.32 Å². The van der Waals surface area contributed by atoms with Crippen molar-refractivity contribution in [3.63, 3.8) is 0 Å². The van der Waals surface area contributed by atoms with Gasteiger partial charge in [-0.05, 0) is 62.8 Å². The summed E-state index contributed by atoms with van der Waals surface area (Å²) in [5.74, 6) is -0.322. The Bertz CT molecular complexity index is 487. The lowest BCUT2D eigenvalue weighted by molar-refractivity contribution is -0.0138. The molecule has 0 saturated heterocycles. The summed E-state index contributed by atoms with van der Waals surface area (Å²) < 4.78 is 5.62. The average molecular weight is 277 g/mol. The molecule has 1 aromatic rings. The Morgan fingerprint density at radius 1 is 1.40 bits per heavy atom. The lowest BCUT2D eigenvalue weighted by Gasteiger charge is -2.20. The summed E-state index contributed by atoms with van der Waals surface area (Å²) in [4.78, 5) is 11.0. The zero-order chi connectivity index (χ0) is 14.8. The van der Waals surface area contributed by atoms with Crippen LogP contribution in [0.15, 0.2) is 18.2 Å². The van der Waals surface area contributed by atoms with E-state index in [1.807, 2.05) is 32.9 Å². The van der Waals surface area contributed by atoms with Crippen molar-refractivity contribution in [2.75, 3.05) is 6.73 Å². The van der Waals surface area contributed by atoms with Crippen molar-refractivity contribution >= 4 is 5.97 Å². The third-order valence-corrected chi connectivity index (χ3v) is 3.33. The Morgan fingerprint density at radius 2 is 2.10 bits per heavy atom. The standard InChI is InChI=1S/C16H23NO3/c1-16(2,3)20-10-17-9-13-7-6-12(15(18)19)8-14(13)11-4-5-11/h6-8,11,17H,4-5,9-10H2,1-3H3,(H,18,19). The maximum Gasteiger partial charge on any atom is 0.335 e. The Labute approximate surface area is 120 Å². The van der Waals surface area contributed by atoms with Crippen molar-refractivity contribution in [1.82, 2.24) is 5.32 Å². The number of carbonyl (C=O) groups is 1. The van der Waals surface area contributed by atoms with Crippen LogP contribution in [-0.4, -0.2) is 23.4 Å². The zero-order valence-corrected chi connectivity index (χ0v) is 12.4. The first-order chi connectivity index (χ1) is 9.37. The molecule has 0 heterocycles. The molecule has 4 nitrogen and oxygen atoms in total. The van der Waals surface area contributed by atoms with Gasteiger partial charge in [-0.25, -0.2) is 4.79 Å². The topological polar surface area (TPSA) is 58.6 Å². The van der Waals surface area contributed by atoms with Crippen molar-refractivity contribution < 1.29 is 14.6 Å². The van der Waals surface area contributed by atoms with Gasteiger partial charge in [0, 0.05) is 6.54 Å². The predicted octanol–water partition coefficient (Wildman–Crippen LogP) is 3.12. The van der Waals surface area contributed by atoms with Gasteiger partial charge in [0.15, 0.2) is 0 Å². The first kappa shape index (κ1) is 15.0. The lowest BCUT2D eigenvalue weighted by Crippen LogP contribution is -2.27. The second-order valence-corrected chi connectivity index (χ2v) is 6.32. The molecular formula is C16H23NO3. The van der Waals surface area contributed by atoms with Crippen molar-refractivity contribution in [1.29, 1.82) is 0 Å². The molecule has 1 aliphatic carbocycles. The molecule has 1 aliphatic rings. The molecule has 4 heteroatoms. The number of aromatic carboxylic acids is 1. The fourth-order valence-corrected chi connectivity index (χ4v) is 2.12. The number of carboxylic acid groups (broad SMARTS) is 1. The number of ether oxygens (including phenoxy) is 1. The first-order valence-corrected chi connectivity index (χ1v) is 7.07. The van der Waals surface area contributed by atoms with Crippen LogP contribution in [0.1, 0.15) is 61.0 Å². The molecule has 0 bridgehead atoms. The van der Waals surface area contributed by atoms with E-state index in [1.54, 1.807) is 6.07 Å². The lowest BCUT2D eigenvalue weighted by atomic mass is 10.00. The van der Waals surface area contributed by atoms with Crippen molar-refractivity contribution in [2.45, 2.75) is 51.7 Å². The van der Waals surface area contributed by atoms with Gasteiger partial charge in [0.25, 0.3) is 0 Å². The molecule has 110 valence electrons. The highest BCUT2D eigenvalue weighted by Gasteiger charge is 2.26. The minimum Gasteiger partial charge on any atom is -0.478 e. The second kappa shape index (κ2) is 5.94. The average Bonchev–Trinajstić information content (AvgIpc) is 3.17. The van der Waals surface area contributed by atoms with Crippen LogP contribution in [0, 0.1) is 0 Å². The molecule has 0 aromatic heterocycles. The maximum absolute atomic E-state index is 11.0. The van der Waals surface area contributed by atoms with Gasteiger partial charge in [-0.3, -0.25) is 5.32 Å². The molecule has 2 N–H and O–H groups in total. The molecule has 0 spiro atoms. The van der Waals surface area contributed by atoms with Crippen molar-refractivity contribution in [3.8, 4) is 0 Å². The van der Waals surface area contributed by atoms with Gasteiger partial charge in [-0.2, -0.15) is 0 Å². The highest BCUT2D eigenvalue weighted by Crippen LogP contribution is 2.42. The molecule has 1 aromatic carbocycles. The van der Waals surface area contributed by atoms with Gasteiger partial charge in [0.2, 0.25) is 0 Å². The first-order valence-electron chi connectivity index (χ1n) is 7.07. The van der Waals surface area contributed by atoms with E-state index < -0.39 is 5.97 Å². The Hall–Kier alpha value is -1.39. The predicted molar refractivity (Wildman–Crippen MR) is 77.9 cm³/mol. The van der Waals surface area contributed by atoms with Crippen molar-refractivity contribution in [3.05, 3.63) is 34.9 Å². The largest absolute Gasteiger partial charge is 0.478 e. The summed E-state index contributed by atoms with van der Waals surface area (Å²) in [7, 11) is 0. The van der Waals surface area contributed by atoms with Crippen LogP contribution in [0.3, 0.4) is 0 Å². The quantitative estimate of drug-likeness (QED) is 0.619. The van der Waals surface area contributed by atoms with Gasteiger partial charge in [-0.1, -0.05) is 6.07 Å². The normalized spacial score (nSPS) is 15.3. The molecular weight excluding hydrogens is 254 g/mol. The molecule has 1 fully saturated rings. The highest BCUT2D eigenvalue weighted by molar-refractivity contribution is 5.88. The molecule has 2 rings (SSSR count). The van der Waals surface area contributed by atoms with E-state index in [0.29, 0.717) is 24.8 Å². The van der Waals surface area contributed by atoms with Gasteiger partial charge >= 0.3 is 5.97 Å². The molecule has 0 aliphatic heterocycles. The number of carboxylic acids is 1. The molecule has 0 amide bonds. The van der Waals surface area contributed by atoms with Crippen LogP contribution >= 0.6 is 0 Å². The number of rotatable bonds is 6. The molecule has 1 saturated carbocycles. The summed E-state index contributed by atoms with van der Waals surface area (Å²) in [5, 5.41) is 12.3. The summed E-state index contributed by atoms with van der Waals surface area (Å²) in [6.45, 7) is 7.26. The van der Waals surface area contributed by atoms with E-state index in [4.69, 9.17) is 9.84 Å². The van der Waals surface area contributed by atoms with Crippen molar-refractivity contribution in [2.24, 2.45) is 0 Å². The zero-order valence-electron chi connectivity index (χ0n) is 12.4. The van der Waals surface area contributed by atoms with E-state index in [-0.39, 0.29) is 5.60 Å². The molecule has 0 radical (unpaired) electrons. The number of hydrogen-bond donors (Lipinski definition) is 2. The van der Waals surface area contributed by atoms with Crippen LogP contribution in [0.25, 0.3) is 0 Å². The summed E-state index contributed by atoms with van der Waals surface area (Å²) in [5.41, 5.74) is 2.57. The fraction of sp³-hybridized carbons (Fsp3) is 0.562.